The quantitative estimate of drug-likeness (QED) is 0.00911. The van der Waals surface area contributed by atoms with Gasteiger partial charge in [0.05, 0.1) is 106 Å². The lowest BCUT2D eigenvalue weighted by molar-refractivity contribution is -0.916. The van der Waals surface area contributed by atoms with Gasteiger partial charge >= 0.3 is 16.4 Å². The Balaban J connectivity index is 0.488. The number of nitrogens with zero attached hydrogens (tertiary/aromatic N) is 9. The molecule has 4 N–H and O–H groups in total. The van der Waals surface area contributed by atoms with E-state index in [2.05, 4.69) is 22.4 Å². The Morgan fingerprint density at radius 1 is 0.594 bits per heavy atom. The molecule has 2 unspecified atom stereocenters. The van der Waals surface area contributed by atoms with Crippen LogP contribution in [0.5, 0.6) is 40.2 Å². The van der Waals surface area contributed by atoms with Crippen LogP contribution in [0.15, 0.2) is 154 Å². The van der Waals surface area contributed by atoms with Crippen LogP contribution < -0.4 is 37.0 Å². The van der Waals surface area contributed by atoms with E-state index in [-0.39, 0.29) is 111 Å². The molecule has 1 saturated heterocycles. The second-order valence-electron chi connectivity index (χ2n) is 35.1. The smallest absolute Gasteiger partial charge is 0.493 e. The number of aromatic nitrogens is 3. The summed E-state index contributed by atoms with van der Waals surface area (Å²) in [5, 5.41) is 55.1. The van der Waals surface area contributed by atoms with Gasteiger partial charge in [-0.1, -0.05) is 17.3 Å². The highest BCUT2D eigenvalue weighted by Crippen LogP contribution is 2.53. The fourth-order valence-corrected chi connectivity index (χ4v) is 21.0. The van der Waals surface area contributed by atoms with Gasteiger partial charge in [-0.2, -0.15) is 0 Å². The minimum atomic E-state index is -5.08. The molecule has 4 amide bonds. The van der Waals surface area contributed by atoms with Crippen molar-refractivity contribution in [3.8, 4) is 40.2 Å². The second-order valence-corrected chi connectivity index (χ2v) is 38.2. The van der Waals surface area contributed by atoms with Crippen molar-refractivity contribution in [1.29, 1.82) is 0 Å². The summed E-state index contributed by atoms with van der Waals surface area (Å²) in [7, 11) is 2.04. The summed E-state index contributed by atoms with van der Waals surface area (Å²) in [6.45, 7) is 3.17. The highest BCUT2D eigenvalue weighted by atomic mass is 32.3. The van der Waals surface area contributed by atoms with Gasteiger partial charge in [0.15, 0.2) is 40.3 Å². The molecule has 1 saturated carbocycles. The van der Waals surface area contributed by atoms with Crippen LogP contribution in [-0.2, 0) is 127 Å². The number of hydrogen-bond acceptors (Lipinski definition) is 30. The zero-order valence-electron chi connectivity index (χ0n) is 73.9. The molecule has 3 aromatic heterocycles. The van der Waals surface area contributed by atoms with Gasteiger partial charge in [0, 0.05) is 135 Å². The molecule has 17 rings (SSSR count). The van der Waals surface area contributed by atoms with E-state index < -0.39 is 71.1 Å². The molecule has 33 nitrogen and oxygen atoms in total. The van der Waals surface area contributed by atoms with E-state index in [9.17, 15) is 62.4 Å². The molecular weight excluding hydrogens is 1770 g/mol. The topological polar surface area (TPSA) is 401 Å². The lowest BCUT2D eigenvalue weighted by Crippen LogP contribution is -2.60. The number of thiophene rings is 2. The Morgan fingerprint density at radius 2 is 1.17 bits per heavy atom. The van der Waals surface area contributed by atoms with E-state index in [4.69, 9.17) is 61.0 Å². The van der Waals surface area contributed by atoms with Crippen LogP contribution in [-0.4, -0.2) is 222 Å². The molecular formula is C97H104N9O24S3+. The predicted octanol–water partition coefficient (Wildman–Crippen LogP) is 10.6. The predicted molar refractivity (Wildman–Crippen MR) is 486 cm³/mol. The summed E-state index contributed by atoms with van der Waals surface area (Å²) in [6.07, 6.45) is 3.98. The number of ether oxygens (including phenoxy) is 9. The second kappa shape index (κ2) is 40.9. The Labute approximate surface area is 775 Å². The number of imide groups is 1. The number of hydrogen-bond donors (Lipinski definition) is 4. The minimum Gasteiger partial charge on any atom is -0.493 e. The molecule has 36 heteroatoms. The van der Waals surface area contributed by atoms with E-state index in [0.29, 0.717) is 152 Å². The summed E-state index contributed by atoms with van der Waals surface area (Å²) < 4.78 is 95.5. The number of ketones is 2. The van der Waals surface area contributed by atoms with Crippen LogP contribution >= 0.6 is 22.7 Å². The Kier molecular flexibility index (Phi) is 28.5. The first-order valence-corrected chi connectivity index (χ1v) is 47.6. The largest absolute Gasteiger partial charge is 0.501 e. The Morgan fingerprint density at radius 3 is 1.79 bits per heavy atom. The van der Waals surface area contributed by atoms with Gasteiger partial charge in [-0.3, -0.25) is 43.5 Å². The molecule has 9 heterocycles. The SMILES string of the molecule is COc1cc2c(cc1OCc1cc(COc3cc4c(cc3OC)C(=O)N3Cc5ccsc5C[C@H]3C=N4)cc(C[N+](C)(C)Cc3ccc(OS(=O)(=O)Oc4cc(C(=O)CCCOCCCC(=O)OCC5[C@H]6CCc7c(nnn7CCOCCCC(=O)Cc7ccc(N8C(=O)C=CC8=O)cc7)CC[C@@H]56)ccc4OC4O[C@H](CO)[C@H](O)[C@H](O)[C@H]4O)cc3)c1)N=C[C@@H]1Cc3sccc3CN1C2=O. The van der Waals surface area contributed by atoms with Crippen molar-refractivity contribution in [3.63, 3.8) is 0 Å². The van der Waals surface area contributed by atoms with E-state index in [0.717, 1.165) is 87.0 Å². The van der Waals surface area contributed by atoms with E-state index in [1.54, 1.807) is 83.3 Å². The normalized spacial score (nSPS) is 21.0. The number of carbonyl (C=O) groups excluding carboxylic acids is 7. The van der Waals surface area contributed by atoms with Crippen molar-refractivity contribution < 1.29 is 118 Å². The van der Waals surface area contributed by atoms with Crippen molar-refractivity contribution in [1.82, 2.24) is 24.8 Å². The lowest BCUT2D eigenvalue weighted by Gasteiger charge is -2.39. The molecule has 10 atom stereocenters. The zero-order valence-corrected chi connectivity index (χ0v) is 76.3. The van der Waals surface area contributed by atoms with Crippen molar-refractivity contribution in [2.75, 3.05) is 72.9 Å². The number of aryl methyl sites for hydroxylation is 1. The number of esters is 1. The van der Waals surface area contributed by atoms with Crippen molar-refractivity contribution in [2.24, 2.45) is 27.7 Å². The van der Waals surface area contributed by atoms with Gasteiger partial charge in [-0.05, 0) is 198 Å². The molecule has 0 bridgehead atoms. The third kappa shape index (κ3) is 21.8. The Bertz CT molecular complexity index is 5890. The number of aliphatic imine (C=N–C) groups is 2. The molecule has 9 aromatic rings. The monoisotopic (exact) mass is 1870 g/mol. The van der Waals surface area contributed by atoms with E-state index in [1.165, 1.54) is 60.4 Å². The summed E-state index contributed by atoms with van der Waals surface area (Å²) in [5.41, 5.74) is 10.5. The number of Topliss-reactive ketones (excluding diaryl/α,β-unsaturated/α-hetero) is 2. The number of fused-ring (bicyclic) bond motifs is 8. The molecule has 8 aliphatic rings. The first-order valence-electron chi connectivity index (χ1n) is 44.5. The van der Waals surface area contributed by atoms with Crippen LogP contribution in [0, 0.1) is 17.8 Å². The maximum Gasteiger partial charge on any atom is 0.501 e. The van der Waals surface area contributed by atoms with Crippen LogP contribution in [0.2, 0.25) is 0 Å². The highest BCUT2D eigenvalue weighted by Gasteiger charge is 2.51. The number of benzene rings is 6. The third-order valence-electron chi connectivity index (χ3n) is 25.3. The number of aliphatic hydroxyl groups excluding tert-OH is 4. The number of rotatable bonds is 40. The van der Waals surface area contributed by atoms with Crippen molar-refractivity contribution in [2.45, 2.75) is 172 Å². The van der Waals surface area contributed by atoms with E-state index >= 15 is 0 Å². The lowest BCUT2D eigenvalue weighted by atomic mass is 9.99. The summed E-state index contributed by atoms with van der Waals surface area (Å²) in [6, 6.07) is 33.4. The third-order valence-corrected chi connectivity index (χ3v) is 28.1. The van der Waals surface area contributed by atoms with Gasteiger partial charge in [0.25, 0.3) is 23.6 Å². The first kappa shape index (κ1) is 92.9. The standard InChI is InChI=1S/C97H104N9O24S3/c1-106(2,52-59-36-60(54-124-83-45-76-72(43-81(83)120-3)95(116)102-49-63-27-34-131-87(63)41-66(102)47-98-76)38-61(37-59)55-125-84-46-77-73(44-82(84)121-4)96(117)103-50-64-28-35-132-88(64)42-67(103)48-99-77)51-58-13-18-69(19-14-58)129-133(118,119)130-85-40-62(15-24-80(85)127-97-94(115)93(114)92(113)86(53-107)128-97)79(109)9-6-31-122-32-7-10-91(112)126-56-74-70-20-22-75-78(23-21-71(70)74)104(101-100-75)29-33-123-30-5-8-68(108)39-57-11-16-65(17-12-57)105-89(110)25-26-90(105)111/h11-19,24-28,34-38,40,43-48,66-67,70-71,74,86,92-94,97,107,113-115H,5-10,20-23,29-33,39,41-42,49-56H2,1-4H3/q+1/t66-,67-,70+,71-,74?,86+,92-,93-,94+,97?/m0/s1. The fraction of sp³-hybridized carbons (Fsp3) is 0.412. The molecule has 133 heavy (non-hydrogen) atoms. The minimum absolute atomic E-state index is 0.00845. The molecule has 2 fully saturated rings. The van der Waals surface area contributed by atoms with Crippen LogP contribution in [0.3, 0.4) is 0 Å². The summed E-state index contributed by atoms with van der Waals surface area (Å²) in [4.78, 5) is 109. The van der Waals surface area contributed by atoms with Gasteiger partial charge in [-0.25, -0.2) is 9.58 Å². The van der Waals surface area contributed by atoms with E-state index in [1.807, 2.05) is 70.0 Å². The van der Waals surface area contributed by atoms with Crippen LogP contribution in [0.1, 0.15) is 143 Å². The van der Waals surface area contributed by atoms with Crippen LogP contribution in [0.4, 0.5) is 17.1 Å². The van der Waals surface area contributed by atoms with Gasteiger partial charge in [0.2, 0.25) is 6.29 Å². The summed E-state index contributed by atoms with van der Waals surface area (Å²) in [5.74, 6) is -0.402. The van der Waals surface area contributed by atoms with Crippen molar-refractivity contribution in [3.05, 3.63) is 221 Å². The maximum absolute atomic E-state index is 14.3. The number of anilines is 1. The van der Waals surface area contributed by atoms with Crippen molar-refractivity contribution >= 4 is 104 Å². The Hall–Kier alpha value is -11.9. The molecule has 6 aromatic carbocycles. The van der Waals surface area contributed by atoms with Gasteiger partial charge in [-0.15, -0.1) is 36.2 Å². The zero-order chi connectivity index (χ0) is 92.8. The number of quaternary nitrogens is 1. The summed E-state index contributed by atoms with van der Waals surface area (Å²) >= 11 is 3.35. The highest BCUT2D eigenvalue weighted by molar-refractivity contribution is 7.82. The number of amides is 4. The molecule has 2 aliphatic carbocycles. The molecule has 6 aliphatic heterocycles. The maximum atomic E-state index is 14.3. The number of aliphatic hydroxyl groups is 4. The molecule has 698 valence electrons. The first-order chi connectivity index (χ1) is 64.3. The molecule has 0 spiro atoms. The number of methoxy groups -OCH3 is 2. The average Bonchev–Trinajstić information content (AvgIpc) is 1.61. The molecule has 0 radical (unpaired) electrons. The van der Waals surface area contributed by atoms with Crippen LogP contribution in [0.25, 0.3) is 0 Å². The van der Waals surface area contributed by atoms with Gasteiger partial charge in [0.1, 0.15) is 62.3 Å². The fourth-order valence-electron chi connectivity index (χ4n) is 18.4. The average molecular weight is 1880 g/mol. The van der Waals surface area contributed by atoms with Gasteiger partial charge < -0.3 is 85.7 Å². The number of carbonyl (C=O) groups is 7.